The maximum atomic E-state index is 6.31. The first-order valence-corrected chi connectivity index (χ1v) is 8.37. The molecule has 0 amide bonds. The van der Waals surface area contributed by atoms with Crippen LogP contribution in [-0.2, 0) is 4.74 Å². The lowest BCUT2D eigenvalue weighted by Gasteiger charge is -2.48. The van der Waals surface area contributed by atoms with E-state index >= 15 is 0 Å². The van der Waals surface area contributed by atoms with Crippen LogP contribution in [0, 0.1) is 5.41 Å². The Morgan fingerprint density at radius 2 is 1.68 bits per heavy atom. The second-order valence-electron chi connectivity index (χ2n) is 6.91. The van der Waals surface area contributed by atoms with Gasteiger partial charge in [0.1, 0.15) is 0 Å². The minimum atomic E-state index is 0.0927. The van der Waals surface area contributed by atoms with Crippen LogP contribution in [0.1, 0.15) is 79.6 Å². The Bertz CT molecular complexity index is 240. The van der Waals surface area contributed by atoms with Crippen molar-refractivity contribution < 1.29 is 4.74 Å². The van der Waals surface area contributed by atoms with Gasteiger partial charge in [-0.25, -0.2) is 0 Å². The molecule has 1 N–H and O–H groups in total. The SMILES string of the molecule is CCCCC(NCC)C1(OCC)CCC(C)(C)CC1. The van der Waals surface area contributed by atoms with Gasteiger partial charge >= 0.3 is 0 Å². The van der Waals surface area contributed by atoms with E-state index in [1.165, 1.54) is 44.9 Å². The summed E-state index contributed by atoms with van der Waals surface area (Å²) >= 11 is 0. The van der Waals surface area contributed by atoms with Crippen LogP contribution >= 0.6 is 0 Å². The molecule has 1 aliphatic rings. The van der Waals surface area contributed by atoms with Gasteiger partial charge < -0.3 is 10.1 Å². The molecule has 1 unspecified atom stereocenters. The third kappa shape index (κ3) is 4.75. The second-order valence-corrected chi connectivity index (χ2v) is 6.91. The molecule has 1 aliphatic carbocycles. The number of rotatable bonds is 8. The Morgan fingerprint density at radius 3 is 2.16 bits per heavy atom. The van der Waals surface area contributed by atoms with Crippen molar-refractivity contribution in [1.29, 1.82) is 0 Å². The largest absolute Gasteiger partial charge is 0.374 e. The summed E-state index contributed by atoms with van der Waals surface area (Å²) in [6, 6.07) is 0.536. The van der Waals surface area contributed by atoms with Gasteiger partial charge in [0.25, 0.3) is 0 Å². The number of unbranched alkanes of at least 4 members (excludes halogenated alkanes) is 1. The van der Waals surface area contributed by atoms with E-state index in [2.05, 4.69) is 39.9 Å². The molecular weight excluding hydrogens is 234 g/mol. The lowest BCUT2D eigenvalue weighted by Crippen LogP contribution is -2.55. The highest BCUT2D eigenvalue weighted by atomic mass is 16.5. The van der Waals surface area contributed by atoms with Crippen LogP contribution in [0.3, 0.4) is 0 Å². The molecule has 0 bridgehead atoms. The molecule has 0 saturated heterocycles. The van der Waals surface area contributed by atoms with Crippen LogP contribution in [-0.4, -0.2) is 24.8 Å². The molecule has 2 nitrogen and oxygen atoms in total. The van der Waals surface area contributed by atoms with Crippen molar-refractivity contribution in [2.75, 3.05) is 13.2 Å². The molecule has 1 rings (SSSR count). The van der Waals surface area contributed by atoms with Gasteiger partial charge in [-0.1, -0.05) is 40.5 Å². The number of hydrogen-bond acceptors (Lipinski definition) is 2. The number of ether oxygens (including phenoxy) is 1. The van der Waals surface area contributed by atoms with Crippen molar-refractivity contribution in [3.8, 4) is 0 Å². The van der Waals surface area contributed by atoms with Crippen LogP contribution in [0.25, 0.3) is 0 Å². The average Bonchev–Trinajstić information content (AvgIpc) is 2.38. The van der Waals surface area contributed by atoms with Crippen molar-refractivity contribution in [3.05, 3.63) is 0 Å². The van der Waals surface area contributed by atoms with Gasteiger partial charge in [0.2, 0.25) is 0 Å². The summed E-state index contributed by atoms with van der Waals surface area (Å²) < 4.78 is 6.31. The highest BCUT2D eigenvalue weighted by molar-refractivity contribution is 4.98. The van der Waals surface area contributed by atoms with Gasteiger partial charge in [0.15, 0.2) is 0 Å². The standard InChI is InChI=1S/C17H35NO/c1-6-9-10-15(18-7-2)17(19-8-3)13-11-16(4,5)12-14-17/h15,18H,6-14H2,1-5H3. The van der Waals surface area contributed by atoms with Gasteiger partial charge in [0.05, 0.1) is 5.60 Å². The van der Waals surface area contributed by atoms with Crippen LogP contribution < -0.4 is 5.32 Å². The quantitative estimate of drug-likeness (QED) is 0.699. The van der Waals surface area contributed by atoms with E-state index in [4.69, 9.17) is 4.74 Å². The molecule has 0 spiro atoms. The van der Waals surface area contributed by atoms with Gasteiger partial charge in [0, 0.05) is 12.6 Å². The van der Waals surface area contributed by atoms with Crippen molar-refractivity contribution in [3.63, 3.8) is 0 Å². The molecule has 0 aromatic carbocycles. The predicted molar refractivity (Wildman–Crippen MR) is 83.6 cm³/mol. The normalized spacial score (nSPS) is 23.2. The molecule has 0 aromatic heterocycles. The van der Waals surface area contributed by atoms with Gasteiger partial charge in [-0.05, 0) is 51.0 Å². The molecule has 114 valence electrons. The summed E-state index contributed by atoms with van der Waals surface area (Å²) in [5.41, 5.74) is 0.595. The summed E-state index contributed by atoms with van der Waals surface area (Å²) in [6.07, 6.45) is 8.85. The van der Waals surface area contributed by atoms with E-state index in [0.717, 1.165) is 13.2 Å². The minimum absolute atomic E-state index is 0.0927. The fourth-order valence-corrected chi connectivity index (χ4v) is 3.44. The Morgan fingerprint density at radius 1 is 1.05 bits per heavy atom. The van der Waals surface area contributed by atoms with E-state index in [1.807, 2.05) is 0 Å². The Kier molecular flexibility index (Phi) is 6.82. The van der Waals surface area contributed by atoms with Crippen LogP contribution in [0.5, 0.6) is 0 Å². The van der Waals surface area contributed by atoms with Gasteiger partial charge in [-0.2, -0.15) is 0 Å². The smallest absolute Gasteiger partial charge is 0.0834 e. The molecule has 1 saturated carbocycles. The second kappa shape index (κ2) is 7.64. The molecule has 1 fully saturated rings. The average molecular weight is 269 g/mol. The molecule has 19 heavy (non-hydrogen) atoms. The van der Waals surface area contributed by atoms with E-state index in [1.54, 1.807) is 0 Å². The summed E-state index contributed by atoms with van der Waals surface area (Å²) in [5.74, 6) is 0. The van der Waals surface area contributed by atoms with Crippen LogP contribution in [0.4, 0.5) is 0 Å². The monoisotopic (exact) mass is 269 g/mol. The predicted octanol–water partition coefficient (Wildman–Crippen LogP) is 4.53. The summed E-state index contributed by atoms with van der Waals surface area (Å²) in [4.78, 5) is 0. The van der Waals surface area contributed by atoms with Crippen molar-refractivity contribution in [1.82, 2.24) is 5.32 Å². The minimum Gasteiger partial charge on any atom is -0.374 e. The summed E-state index contributed by atoms with van der Waals surface area (Å²) in [6.45, 7) is 13.3. The third-order valence-corrected chi connectivity index (χ3v) is 4.81. The molecule has 0 heterocycles. The Hall–Kier alpha value is -0.0800. The molecule has 0 aromatic rings. The zero-order valence-electron chi connectivity index (χ0n) is 13.8. The van der Waals surface area contributed by atoms with Gasteiger partial charge in [-0.3, -0.25) is 0 Å². The first kappa shape index (κ1) is 17.0. The molecular formula is C17H35NO. The topological polar surface area (TPSA) is 21.3 Å². The van der Waals surface area contributed by atoms with Gasteiger partial charge in [-0.15, -0.1) is 0 Å². The zero-order valence-corrected chi connectivity index (χ0v) is 13.8. The first-order valence-electron chi connectivity index (χ1n) is 8.37. The van der Waals surface area contributed by atoms with Crippen molar-refractivity contribution in [2.45, 2.75) is 91.2 Å². The van der Waals surface area contributed by atoms with E-state index < -0.39 is 0 Å². The highest BCUT2D eigenvalue weighted by Gasteiger charge is 2.43. The Labute approximate surface area is 120 Å². The maximum Gasteiger partial charge on any atom is 0.0834 e. The van der Waals surface area contributed by atoms with E-state index in [0.29, 0.717) is 11.5 Å². The molecule has 1 atom stereocenters. The molecule has 0 radical (unpaired) electrons. The van der Waals surface area contributed by atoms with Crippen molar-refractivity contribution >= 4 is 0 Å². The van der Waals surface area contributed by atoms with Crippen LogP contribution in [0.2, 0.25) is 0 Å². The van der Waals surface area contributed by atoms with Crippen LogP contribution in [0.15, 0.2) is 0 Å². The maximum absolute atomic E-state index is 6.31. The fraction of sp³-hybridized carbons (Fsp3) is 1.00. The highest BCUT2D eigenvalue weighted by Crippen LogP contribution is 2.44. The first-order chi connectivity index (χ1) is 8.99. The fourth-order valence-electron chi connectivity index (χ4n) is 3.44. The number of likely N-dealkylation sites (N-methyl/N-ethyl adjacent to an activating group) is 1. The number of hydrogen-bond donors (Lipinski definition) is 1. The van der Waals surface area contributed by atoms with E-state index in [9.17, 15) is 0 Å². The number of nitrogens with one attached hydrogen (secondary N) is 1. The molecule has 0 aliphatic heterocycles. The van der Waals surface area contributed by atoms with E-state index in [-0.39, 0.29) is 5.60 Å². The lowest BCUT2D eigenvalue weighted by atomic mass is 9.67. The van der Waals surface area contributed by atoms with Crippen molar-refractivity contribution in [2.24, 2.45) is 5.41 Å². The zero-order chi connectivity index (χ0) is 14.4. The molecule has 2 heteroatoms. The third-order valence-electron chi connectivity index (χ3n) is 4.81. The summed E-state index contributed by atoms with van der Waals surface area (Å²) in [7, 11) is 0. The summed E-state index contributed by atoms with van der Waals surface area (Å²) in [5, 5.41) is 3.72. The Balaban J connectivity index is 2.77. The lowest BCUT2D eigenvalue weighted by molar-refractivity contribution is -0.108.